The van der Waals surface area contributed by atoms with Gasteiger partial charge in [0.2, 0.25) is 10.0 Å². The lowest BCUT2D eigenvalue weighted by Gasteiger charge is -2.39. The minimum Gasteiger partial charge on any atom is -0.212 e. The number of rotatable bonds is 1. The van der Waals surface area contributed by atoms with Crippen molar-refractivity contribution in [2.24, 2.45) is 5.41 Å². The highest BCUT2D eigenvalue weighted by Gasteiger charge is 2.47. The van der Waals surface area contributed by atoms with Crippen molar-refractivity contribution in [3.05, 3.63) is 11.6 Å². The molecule has 0 saturated heterocycles. The SMILES string of the molecule is CC1=CC(C(C)(C)C)N(S(=O)(=O)C(C)(C)C)C1C. The van der Waals surface area contributed by atoms with Crippen LogP contribution < -0.4 is 0 Å². The van der Waals surface area contributed by atoms with Gasteiger partial charge in [-0.05, 0) is 40.0 Å². The molecular weight excluding hydrogens is 246 g/mol. The number of hydrogen-bond donors (Lipinski definition) is 0. The standard InChI is InChI=1S/C14H27NO2S/c1-10-9-12(13(3,4)5)15(11(10)2)18(16,17)14(6,7)8/h9,11-12H,1-8H3. The first-order valence-electron chi connectivity index (χ1n) is 6.51. The van der Waals surface area contributed by atoms with E-state index in [0.29, 0.717) is 0 Å². The zero-order chi connectivity index (χ0) is 14.5. The highest BCUT2D eigenvalue weighted by molar-refractivity contribution is 7.90. The molecule has 0 amide bonds. The van der Waals surface area contributed by atoms with E-state index in [-0.39, 0.29) is 17.5 Å². The molecule has 0 spiro atoms. The van der Waals surface area contributed by atoms with E-state index in [1.807, 2.05) is 13.8 Å². The van der Waals surface area contributed by atoms with Crippen LogP contribution in [0.3, 0.4) is 0 Å². The van der Waals surface area contributed by atoms with Crippen molar-refractivity contribution in [3.8, 4) is 0 Å². The highest BCUT2D eigenvalue weighted by Crippen LogP contribution is 2.39. The van der Waals surface area contributed by atoms with Gasteiger partial charge in [0.1, 0.15) is 0 Å². The predicted molar refractivity (Wildman–Crippen MR) is 77.0 cm³/mol. The van der Waals surface area contributed by atoms with Crippen LogP contribution in [-0.4, -0.2) is 29.6 Å². The monoisotopic (exact) mass is 273 g/mol. The first kappa shape index (κ1) is 15.7. The van der Waals surface area contributed by atoms with Crippen LogP contribution >= 0.6 is 0 Å². The first-order valence-corrected chi connectivity index (χ1v) is 7.95. The van der Waals surface area contributed by atoms with Gasteiger partial charge < -0.3 is 0 Å². The third kappa shape index (κ3) is 2.50. The summed E-state index contributed by atoms with van der Waals surface area (Å²) in [6.07, 6.45) is 2.11. The highest BCUT2D eigenvalue weighted by atomic mass is 32.2. The summed E-state index contributed by atoms with van der Waals surface area (Å²) < 4.78 is 26.5. The van der Waals surface area contributed by atoms with Crippen LogP contribution in [0, 0.1) is 5.41 Å². The maximum atomic E-state index is 12.8. The Labute approximate surface area is 112 Å². The number of hydrogen-bond acceptors (Lipinski definition) is 2. The Balaban J connectivity index is 3.32. The van der Waals surface area contributed by atoms with Gasteiger partial charge in [-0.25, -0.2) is 8.42 Å². The van der Waals surface area contributed by atoms with E-state index >= 15 is 0 Å². The molecule has 0 bridgehead atoms. The second kappa shape index (κ2) is 4.34. The number of sulfonamides is 1. The normalized spacial score (nSPS) is 27.4. The minimum absolute atomic E-state index is 0.0431. The average Bonchev–Trinajstić information content (AvgIpc) is 2.41. The van der Waals surface area contributed by atoms with E-state index in [4.69, 9.17) is 0 Å². The fourth-order valence-corrected chi connectivity index (χ4v) is 4.10. The number of nitrogens with zero attached hydrogens (tertiary/aromatic N) is 1. The van der Waals surface area contributed by atoms with Crippen LogP contribution in [0.15, 0.2) is 11.6 Å². The van der Waals surface area contributed by atoms with Crippen molar-refractivity contribution in [2.45, 2.75) is 72.2 Å². The molecule has 1 aliphatic heterocycles. The molecule has 0 aromatic carbocycles. The summed E-state index contributed by atoms with van der Waals surface area (Å²) in [6.45, 7) is 15.6. The van der Waals surface area contributed by atoms with Gasteiger partial charge in [0.05, 0.1) is 4.75 Å². The molecule has 3 nitrogen and oxygen atoms in total. The van der Waals surface area contributed by atoms with E-state index in [1.165, 1.54) is 0 Å². The van der Waals surface area contributed by atoms with Gasteiger partial charge in [-0.3, -0.25) is 0 Å². The Morgan fingerprint density at radius 2 is 1.56 bits per heavy atom. The average molecular weight is 273 g/mol. The largest absolute Gasteiger partial charge is 0.220 e. The van der Waals surface area contributed by atoms with Gasteiger partial charge in [0, 0.05) is 12.1 Å². The van der Waals surface area contributed by atoms with E-state index in [9.17, 15) is 8.42 Å². The molecule has 0 radical (unpaired) electrons. The molecule has 1 rings (SSSR count). The molecule has 0 N–H and O–H groups in total. The summed E-state index contributed by atoms with van der Waals surface area (Å²) in [5, 5.41) is 0. The van der Waals surface area contributed by atoms with Crippen LogP contribution in [0.4, 0.5) is 0 Å². The summed E-state index contributed by atoms with van der Waals surface area (Å²) in [6, 6.07) is -0.102. The van der Waals surface area contributed by atoms with E-state index in [2.05, 4.69) is 26.8 Å². The fraction of sp³-hybridized carbons (Fsp3) is 0.857. The molecule has 1 aliphatic rings. The van der Waals surface area contributed by atoms with Crippen LogP contribution in [-0.2, 0) is 10.0 Å². The van der Waals surface area contributed by atoms with Crippen LogP contribution in [0.5, 0.6) is 0 Å². The molecule has 18 heavy (non-hydrogen) atoms. The summed E-state index contributed by atoms with van der Waals surface area (Å²) in [5.74, 6) is 0. The van der Waals surface area contributed by atoms with E-state index in [0.717, 1.165) is 5.57 Å². The van der Waals surface area contributed by atoms with Crippen molar-refractivity contribution >= 4 is 10.0 Å². The topological polar surface area (TPSA) is 37.4 Å². The third-order valence-electron chi connectivity index (χ3n) is 3.67. The van der Waals surface area contributed by atoms with Crippen molar-refractivity contribution in [2.75, 3.05) is 0 Å². The van der Waals surface area contributed by atoms with Crippen LogP contribution in [0.25, 0.3) is 0 Å². The zero-order valence-corrected chi connectivity index (χ0v) is 13.7. The molecule has 2 atom stereocenters. The van der Waals surface area contributed by atoms with Crippen LogP contribution in [0.1, 0.15) is 55.4 Å². The zero-order valence-electron chi connectivity index (χ0n) is 12.9. The first-order chi connectivity index (χ1) is 7.80. The molecule has 4 heteroatoms. The van der Waals surface area contributed by atoms with Gasteiger partial charge in [-0.15, -0.1) is 0 Å². The maximum Gasteiger partial charge on any atom is 0.220 e. The predicted octanol–water partition coefficient (Wildman–Crippen LogP) is 3.18. The Hall–Kier alpha value is -0.350. The molecule has 0 aliphatic carbocycles. The second-order valence-electron chi connectivity index (χ2n) is 7.34. The third-order valence-corrected chi connectivity index (χ3v) is 6.32. The molecule has 0 aromatic rings. The molecule has 0 fully saturated rings. The summed E-state index contributed by atoms with van der Waals surface area (Å²) >= 11 is 0. The minimum atomic E-state index is -3.31. The van der Waals surface area contributed by atoms with Gasteiger partial charge >= 0.3 is 0 Å². The van der Waals surface area contributed by atoms with Crippen molar-refractivity contribution < 1.29 is 8.42 Å². The summed E-state index contributed by atoms with van der Waals surface area (Å²) in [4.78, 5) is 0. The Bertz CT molecular complexity index is 449. The quantitative estimate of drug-likeness (QED) is 0.688. The van der Waals surface area contributed by atoms with Gasteiger partial charge in [0.25, 0.3) is 0 Å². The molecule has 0 saturated carbocycles. The van der Waals surface area contributed by atoms with Gasteiger partial charge in [0.15, 0.2) is 0 Å². The Morgan fingerprint density at radius 3 is 1.89 bits per heavy atom. The molecule has 106 valence electrons. The molecule has 2 unspecified atom stereocenters. The van der Waals surface area contributed by atoms with Crippen LogP contribution in [0.2, 0.25) is 0 Å². The van der Waals surface area contributed by atoms with Gasteiger partial charge in [-0.1, -0.05) is 32.4 Å². The van der Waals surface area contributed by atoms with E-state index < -0.39 is 14.8 Å². The Morgan fingerprint density at radius 1 is 1.11 bits per heavy atom. The summed E-state index contributed by atoms with van der Waals surface area (Å²) in [7, 11) is -3.31. The van der Waals surface area contributed by atoms with Gasteiger partial charge in [-0.2, -0.15) is 4.31 Å². The molecule has 1 heterocycles. The molecular formula is C14H27NO2S. The van der Waals surface area contributed by atoms with Crippen molar-refractivity contribution in [1.82, 2.24) is 4.31 Å². The second-order valence-corrected chi connectivity index (χ2v) is 9.94. The Kier molecular flexibility index (Phi) is 3.79. The lowest BCUT2D eigenvalue weighted by molar-refractivity contribution is 0.212. The van der Waals surface area contributed by atoms with E-state index in [1.54, 1.807) is 25.1 Å². The van der Waals surface area contributed by atoms with Crippen molar-refractivity contribution in [3.63, 3.8) is 0 Å². The molecule has 0 aromatic heterocycles. The lowest BCUT2D eigenvalue weighted by atomic mass is 9.87. The summed E-state index contributed by atoms with van der Waals surface area (Å²) in [5.41, 5.74) is 1.05. The lowest BCUT2D eigenvalue weighted by Crippen LogP contribution is -2.52. The fourth-order valence-electron chi connectivity index (χ4n) is 2.21. The maximum absolute atomic E-state index is 12.8. The smallest absolute Gasteiger partial charge is 0.212 e. The van der Waals surface area contributed by atoms with Crippen molar-refractivity contribution in [1.29, 1.82) is 0 Å².